The number of carboxylic acids is 1. The summed E-state index contributed by atoms with van der Waals surface area (Å²) in [4.78, 5) is 27.9. The molecule has 2 aromatic carbocycles. The Bertz CT molecular complexity index is 1450. The molecule has 1 fully saturated rings. The minimum absolute atomic E-state index is 0.149. The SMILES string of the molecule is O=C(O)CC1CCC(c2ccc(-c3ccc4nc(C(=O)Nc5ccc(C(F)(F)F)cc5)cn4c3)cc2)CC1. The van der Waals surface area contributed by atoms with Crippen molar-refractivity contribution in [2.45, 2.75) is 44.2 Å². The van der Waals surface area contributed by atoms with Crippen molar-refractivity contribution in [3.05, 3.63) is 89.9 Å². The standard InChI is InChI=1S/C29H26F3N3O3/c30-29(31,32)23-10-12-24(13-11-23)33-28(38)25-17-35-16-22(9-14-26(35)34-25)21-7-5-20(6-8-21)19-3-1-18(2-4-19)15-27(36)37/h5-14,16-19H,1-4,15H2,(H,33,38)(H,36,37). The molecule has 0 radical (unpaired) electrons. The van der Waals surface area contributed by atoms with Crippen LogP contribution in [0.15, 0.2) is 73.1 Å². The van der Waals surface area contributed by atoms with Crippen LogP contribution in [-0.4, -0.2) is 26.4 Å². The summed E-state index contributed by atoms with van der Waals surface area (Å²) < 4.78 is 40.0. The van der Waals surface area contributed by atoms with Gasteiger partial charge in [0.2, 0.25) is 0 Å². The van der Waals surface area contributed by atoms with E-state index in [4.69, 9.17) is 5.11 Å². The van der Waals surface area contributed by atoms with Crippen LogP contribution in [-0.2, 0) is 11.0 Å². The summed E-state index contributed by atoms with van der Waals surface area (Å²) in [6.45, 7) is 0. The van der Waals surface area contributed by atoms with E-state index >= 15 is 0 Å². The van der Waals surface area contributed by atoms with Crippen molar-refractivity contribution in [1.29, 1.82) is 0 Å². The van der Waals surface area contributed by atoms with Crippen LogP contribution in [0.1, 0.15) is 59.6 Å². The van der Waals surface area contributed by atoms with Crippen molar-refractivity contribution >= 4 is 23.2 Å². The molecular weight excluding hydrogens is 495 g/mol. The van der Waals surface area contributed by atoms with E-state index in [1.54, 1.807) is 10.6 Å². The number of carboxylic acid groups (broad SMARTS) is 1. The van der Waals surface area contributed by atoms with Gasteiger partial charge < -0.3 is 14.8 Å². The number of alkyl halides is 3. The zero-order valence-corrected chi connectivity index (χ0v) is 20.4. The Morgan fingerprint density at radius 1 is 0.895 bits per heavy atom. The second kappa shape index (κ2) is 10.3. The highest BCUT2D eigenvalue weighted by atomic mass is 19.4. The van der Waals surface area contributed by atoms with E-state index in [0.717, 1.165) is 48.9 Å². The Morgan fingerprint density at radius 3 is 2.18 bits per heavy atom. The van der Waals surface area contributed by atoms with E-state index in [1.807, 2.05) is 18.3 Å². The second-order valence-electron chi connectivity index (χ2n) is 9.78. The van der Waals surface area contributed by atoms with Crippen molar-refractivity contribution in [2.24, 2.45) is 5.92 Å². The number of pyridine rings is 1. The van der Waals surface area contributed by atoms with Gasteiger partial charge in [-0.05, 0) is 90.6 Å². The molecule has 2 aromatic heterocycles. The monoisotopic (exact) mass is 521 g/mol. The minimum Gasteiger partial charge on any atom is -0.481 e. The molecule has 2 heterocycles. The molecule has 4 aromatic rings. The summed E-state index contributed by atoms with van der Waals surface area (Å²) in [5, 5.41) is 11.6. The van der Waals surface area contributed by atoms with Crippen LogP contribution >= 0.6 is 0 Å². The number of aliphatic carboxylic acids is 1. The number of nitrogens with zero attached hydrogens (tertiary/aromatic N) is 2. The highest BCUT2D eigenvalue weighted by Gasteiger charge is 2.30. The quantitative estimate of drug-likeness (QED) is 0.286. The molecule has 1 saturated carbocycles. The van der Waals surface area contributed by atoms with Crippen LogP contribution in [0.5, 0.6) is 0 Å². The van der Waals surface area contributed by atoms with Crippen molar-refractivity contribution in [1.82, 2.24) is 9.38 Å². The third-order valence-electron chi connectivity index (χ3n) is 7.18. The molecule has 38 heavy (non-hydrogen) atoms. The summed E-state index contributed by atoms with van der Waals surface area (Å²) in [6, 6.07) is 16.4. The maximum Gasteiger partial charge on any atom is 0.416 e. The topological polar surface area (TPSA) is 83.7 Å². The Hall–Kier alpha value is -4.14. The molecule has 0 saturated heterocycles. The zero-order chi connectivity index (χ0) is 26.9. The number of benzene rings is 2. The number of imidazole rings is 1. The lowest BCUT2D eigenvalue weighted by Gasteiger charge is -2.28. The largest absolute Gasteiger partial charge is 0.481 e. The number of hydrogen-bond donors (Lipinski definition) is 2. The van der Waals surface area contributed by atoms with E-state index in [1.165, 1.54) is 17.7 Å². The minimum atomic E-state index is -4.44. The molecule has 1 aliphatic rings. The number of carbonyl (C=O) groups is 2. The number of amides is 1. The van der Waals surface area contributed by atoms with Gasteiger partial charge in [-0.3, -0.25) is 9.59 Å². The van der Waals surface area contributed by atoms with Gasteiger partial charge >= 0.3 is 12.1 Å². The smallest absolute Gasteiger partial charge is 0.416 e. The van der Waals surface area contributed by atoms with Crippen LogP contribution in [0.4, 0.5) is 18.9 Å². The molecule has 0 bridgehead atoms. The van der Waals surface area contributed by atoms with Gasteiger partial charge in [0.05, 0.1) is 5.56 Å². The fourth-order valence-corrected chi connectivity index (χ4v) is 5.10. The molecule has 9 heteroatoms. The number of hydrogen-bond acceptors (Lipinski definition) is 3. The second-order valence-corrected chi connectivity index (χ2v) is 9.78. The first-order chi connectivity index (χ1) is 18.2. The van der Waals surface area contributed by atoms with Crippen molar-refractivity contribution in [3.8, 4) is 11.1 Å². The van der Waals surface area contributed by atoms with Crippen molar-refractivity contribution in [3.63, 3.8) is 0 Å². The van der Waals surface area contributed by atoms with E-state index in [-0.39, 0.29) is 23.7 Å². The van der Waals surface area contributed by atoms with Gasteiger partial charge in [0.25, 0.3) is 5.91 Å². The van der Waals surface area contributed by atoms with Gasteiger partial charge in [-0.15, -0.1) is 0 Å². The van der Waals surface area contributed by atoms with Gasteiger partial charge in [0, 0.05) is 24.5 Å². The average molecular weight is 522 g/mol. The fraction of sp³-hybridized carbons (Fsp3) is 0.276. The third-order valence-corrected chi connectivity index (χ3v) is 7.18. The molecule has 6 nitrogen and oxygen atoms in total. The van der Waals surface area contributed by atoms with E-state index in [9.17, 15) is 22.8 Å². The van der Waals surface area contributed by atoms with E-state index in [0.29, 0.717) is 11.6 Å². The van der Waals surface area contributed by atoms with Crippen LogP contribution < -0.4 is 5.32 Å². The Morgan fingerprint density at radius 2 is 1.55 bits per heavy atom. The summed E-state index contributed by atoms with van der Waals surface area (Å²) in [6.07, 6.45) is 3.14. The third kappa shape index (κ3) is 5.72. The highest BCUT2D eigenvalue weighted by Crippen LogP contribution is 2.37. The number of anilines is 1. The number of fused-ring (bicyclic) bond motifs is 1. The Balaban J connectivity index is 1.25. The number of nitrogens with one attached hydrogen (secondary N) is 1. The first-order valence-corrected chi connectivity index (χ1v) is 12.5. The summed E-state index contributed by atoms with van der Waals surface area (Å²) >= 11 is 0. The van der Waals surface area contributed by atoms with Gasteiger partial charge in [-0.2, -0.15) is 13.2 Å². The van der Waals surface area contributed by atoms with Crippen molar-refractivity contribution in [2.75, 3.05) is 5.32 Å². The maximum absolute atomic E-state index is 12.8. The van der Waals surface area contributed by atoms with Crippen LogP contribution in [0.3, 0.4) is 0 Å². The van der Waals surface area contributed by atoms with E-state index < -0.39 is 23.6 Å². The van der Waals surface area contributed by atoms with Crippen LogP contribution in [0.25, 0.3) is 16.8 Å². The average Bonchev–Trinajstić information content (AvgIpc) is 3.33. The molecule has 196 valence electrons. The molecule has 1 amide bonds. The molecule has 5 rings (SSSR count). The number of rotatable bonds is 6. The van der Waals surface area contributed by atoms with Crippen LogP contribution in [0, 0.1) is 5.92 Å². The van der Waals surface area contributed by atoms with E-state index in [2.05, 4.69) is 34.6 Å². The molecule has 1 aliphatic carbocycles. The molecule has 0 unspecified atom stereocenters. The summed E-state index contributed by atoms with van der Waals surface area (Å²) in [5.74, 6) is -0.528. The normalized spacial score (nSPS) is 17.9. The van der Waals surface area contributed by atoms with Gasteiger partial charge in [-0.1, -0.05) is 24.3 Å². The fourth-order valence-electron chi connectivity index (χ4n) is 5.10. The lowest BCUT2D eigenvalue weighted by atomic mass is 9.77. The van der Waals surface area contributed by atoms with Gasteiger partial charge in [0.15, 0.2) is 0 Å². The maximum atomic E-state index is 12.8. The van der Waals surface area contributed by atoms with Gasteiger partial charge in [0.1, 0.15) is 11.3 Å². The molecule has 0 spiro atoms. The number of carbonyl (C=O) groups excluding carboxylic acids is 1. The highest BCUT2D eigenvalue weighted by molar-refractivity contribution is 6.03. The number of halogens is 3. The number of aromatic nitrogens is 2. The molecule has 0 aliphatic heterocycles. The molecule has 0 atom stereocenters. The first kappa shape index (κ1) is 25.5. The molecular formula is C29H26F3N3O3. The lowest BCUT2D eigenvalue weighted by molar-refractivity contribution is -0.139. The Labute approximate surface area is 217 Å². The predicted octanol–water partition coefficient (Wildman–Crippen LogP) is 7.02. The first-order valence-electron chi connectivity index (χ1n) is 12.5. The zero-order valence-electron chi connectivity index (χ0n) is 20.4. The predicted molar refractivity (Wildman–Crippen MR) is 137 cm³/mol. The van der Waals surface area contributed by atoms with Gasteiger partial charge in [-0.25, -0.2) is 4.98 Å². The van der Waals surface area contributed by atoms with Crippen LogP contribution in [0.2, 0.25) is 0 Å². The molecule has 2 N–H and O–H groups in total. The lowest BCUT2D eigenvalue weighted by Crippen LogP contribution is -2.16. The summed E-state index contributed by atoms with van der Waals surface area (Å²) in [7, 11) is 0. The Kier molecular flexibility index (Phi) is 6.93. The van der Waals surface area contributed by atoms with Crippen molar-refractivity contribution < 1.29 is 27.9 Å². The summed E-state index contributed by atoms with van der Waals surface area (Å²) in [5.41, 5.74) is 3.40.